The zero-order valence-electron chi connectivity index (χ0n) is 15.7. The van der Waals surface area contributed by atoms with Gasteiger partial charge in [-0.15, -0.1) is 23.5 Å². The molecule has 2 aliphatic rings. The molecule has 2 heterocycles. The first-order valence-electron chi connectivity index (χ1n) is 9.66. The highest BCUT2D eigenvalue weighted by atomic mass is 32.2. The van der Waals surface area contributed by atoms with Gasteiger partial charge in [0.05, 0.1) is 11.5 Å². The summed E-state index contributed by atoms with van der Waals surface area (Å²) in [5, 5.41) is 0.240. The molecule has 2 saturated heterocycles. The third-order valence-corrected chi connectivity index (χ3v) is 7.67. The molecule has 4 nitrogen and oxygen atoms in total. The molecule has 146 valence electrons. The van der Waals surface area contributed by atoms with Crippen LogP contribution in [-0.4, -0.2) is 46.2 Å². The molecule has 6 heteroatoms. The van der Waals surface area contributed by atoms with Crippen molar-refractivity contribution in [3.63, 3.8) is 0 Å². The number of carbonyl (C=O) groups is 2. The van der Waals surface area contributed by atoms with Crippen LogP contribution in [0.1, 0.15) is 34.7 Å². The van der Waals surface area contributed by atoms with Crippen molar-refractivity contribution in [2.75, 3.05) is 24.6 Å². The Balaban J connectivity index is 1.32. The normalized spacial score (nSPS) is 22.3. The Labute approximate surface area is 174 Å². The molecule has 0 spiro atoms. The minimum Gasteiger partial charge on any atom is -0.326 e. The zero-order chi connectivity index (χ0) is 19.3. The molecule has 2 aromatic rings. The van der Waals surface area contributed by atoms with Crippen LogP contribution >= 0.6 is 23.5 Å². The van der Waals surface area contributed by atoms with Crippen molar-refractivity contribution in [2.45, 2.75) is 23.6 Å². The average Bonchev–Trinajstić information content (AvgIpc) is 3.29. The maximum Gasteiger partial charge on any atom is 0.233 e. The quantitative estimate of drug-likeness (QED) is 0.635. The van der Waals surface area contributed by atoms with E-state index in [0.29, 0.717) is 11.5 Å². The van der Waals surface area contributed by atoms with Gasteiger partial charge < -0.3 is 9.80 Å². The molecule has 2 aliphatic heterocycles. The second-order valence-electron chi connectivity index (χ2n) is 7.03. The van der Waals surface area contributed by atoms with Crippen LogP contribution in [0.25, 0.3) is 0 Å². The SMILES string of the molecule is O=C1CSC(c2ccccc2)N1CCCCN1C(=O)CSC1c1ccccc1. The summed E-state index contributed by atoms with van der Waals surface area (Å²) in [4.78, 5) is 28.7. The smallest absolute Gasteiger partial charge is 0.233 e. The molecule has 2 atom stereocenters. The maximum absolute atomic E-state index is 12.3. The molecule has 2 aromatic carbocycles. The Morgan fingerprint density at radius 3 is 1.46 bits per heavy atom. The van der Waals surface area contributed by atoms with Crippen LogP contribution < -0.4 is 0 Å². The zero-order valence-corrected chi connectivity index (χ0v) is 17.3. The highest BCUT2D eigenvalue weighted by Crippen LogP contribution is 2.40. The van der Waals surface area contributed by atoms with Crippen molar-refractivity contribution in [3.8, 4) is 0 Å². The molecular formula is C22H24N2O2S2. The topological polar surface area (TPSA) is 40.6 Å². The highest BCUT2D eigenvalue weighted by Gasteiger charge is 2.34. The second kappa shape index (κ2) is 9.05. The van der Waals surface area contributed by atoms with Crippen LogP contribution in [0.4, 0.5) is 0 Å². The van der Waals surface area contributed by atoms with Gasteiger partial charge >= 0.3 is 0 Å². The van der Waals surface area contributed by atoms with Gasteiger partial charge in [0.2, 0.25) is 11.8 Å². The van der Waals surface area contributed by atoms with Gasteiger partial charge in [0, 0.05) is 13.1 Å². The molecule has 0 aromatic heterocycles. The molecule has 0 N–H and O–H groups in total. The minimum absolute atomic E-state index is 0.120. The van der Waals surface area contributed by atoms with E-state index in [9.17, 15) is 9.59 Å². The molecular weight excluding hydrogens is 388 g/mol. The van der Waals surface area contributed by atoms with Crippen LogP contribution in [0.2, 0.25) is 0 Å². The molecule has 0 bridgehead atoms. The Bertz CT molecular complexity index is 746. The van der Waals surface area contributed by atoms with Crippen LogP contribution in [0.15, 0.2) is 60.7 Å². The number of rotatable bonds is 7. The highest BCUT2D eigenvalue weighted by molar-refractivity contribution is 8.00. The summed E-state index contributed by atoms with van der Waals surface area (Å²) in [6.07, 6.45) is 1.82. The van der Waals surface area contributed by atoms with Crippen LogP contribution in [0, 0.1) is 0 Å². The van der Waals surface area contributed by atoms with E-state index in [4.69, 9.17) is 0 Å². The summed E-state index contributed by atoms with van der Waals surface area (Å²) < 4.78 is 0. The van der Waals surface area contributed by atoms with Gasteiger partial charge in [0.25, 0.3) is 0 Å². The molecule has 0 radical (unpaired) electrons. The van der Waals surface area contributed by atoms with Crippen molar-refractivity contribution in [1.82, 2.24) is 9.80 Å². The maximum atomic E-state index is 12.3. The number of unbranched alkanes of at least 4 members (excludes halogenated alkanes) is 1. The molecule has 4 rings (SSSR count). The van der Waals surface area contributed by atoms with E-state index in [1.807, 2.05) is 46.2 Å². The summed E-state index contributed by atoms with van der Waals surface area (Å²) in [5.74, 6) is 1.54. The van der Waals surface area contributed by atoms with Crippen molar-refractivity contribution < 1.29 is 9.59 Å². The fourth-order valence-corrected chi connectivity index (χ4v) is 6.18. The molecule has 2 amide bonds. The number of benzene rings is 2. The van der Waals surface area contributed by atoms with Crippen LogP contribution in [0.3, 0.4) is 0 Å². The van der Waals surface area contributed by atoms with Gasteiger partial charge in [-0.25, -0.2) is 0 Å². The van der Waals surface area contributed by atoms with Crippen LogP contribution in [-0.2, 0) is 9.59 Å². The van der Waals surface area contributed by atoms with Gasteiger partial charge in [0.1, 0.15) is 10.7 Å². The number of carbonyl (C=O) groups excluding carboxylic acids is 2. The molecule has 0 saturated carbocycles. The van der Waals surface area contributed by atoms with Crippen molar-refractivity contribution in [1.29, 1.82) is 0 Å². The van der Waals surface area contributed by atoms with Crippen molar-refractivity contribution in [3.05, 3.63) is 71.8 Å². The van der Waals surface area contributed by atoms with Crippen molar-refractivity contribution >= 4 is 35.3 Å². The first kappa shape index (κ1) is 19.4. The van der Waals surface area contributed by atoms with Gasteiger partial charge in [-0.05, 0) is 24.0 Å². The summed E-state index contributed by atoms with van der Waals surface area (Å²) >= 11 is 3.40. The number of hydrogen-bond donors (Lipinski definition) is 0. The number of amides is 2. The van der Waals surface area contributed by atoms with Gasteiger partial charge in [-0.2, -0.15) is 0 Å². The van der Waals surface area contributed by atoms with Gasteiger partial charge in [-0.1, -0.05) is 60.7 Å². The van der Waals surface area contributed by atoms with E-state index in [1.165, 1.54) is 11.1 Å². The molecule has 2 unspecified atom stereocenters. The number of nitrogens with zero attached hydrogens (tertiary/aromatic N) is 2. The van der Waals surface area contributed by atoms with Gasteiger partial charge in [0.15, 0.2) is 0 Å². The lowest BCUT2D eigenvalue weighted by Crippen LogP contribution is -2.31. The summed E-state index contributed by atoms with van der Waals surface area (Å²) in [5.41, 5.74) is 2.38. The van der Waals surface area contributed by atoms with E-state index in [-0.39, 0.29) is 22.6 Å². The van der Waals surface area contributed by atoms with Crippen LogP contribution in [0.5, 0.6) is 0 Å². The molecule has 0 aliphatic carbocycles. The first-order valence-corrected chi connectivity index (χ1v) is 11.8. The summed E-state index contributed by atoms with van der Waals surface area (Å²) in [6.45, 7) is 1.49. The minimum atomic E-state index is 0.120. The Morgan fingerprint density at radius 1 is 0.679 bits per heavy atom. The predicted octanol–water partition coefficient (Wildman–Crippen LogP) is 4.32. The fourth-order valence-electron chi connectivity index (χ4n) is 3.74. The van der Waals surface area contributed by atoms with E-state index >= 15 is 0 Å². The van der Waals surface area contributed by atoms with Crippen molar-refractivity contribution in [2.24, 2.45) is 0 Å². The monoisotopic (exact) mass is 412 g/mol. The third kappa shape index (κ3) is 4.23. The lowest BCUT2D eigenvalue weighted by Gasteiger charge is -2.26. The Kier molecular flexibility index (Phi) is 6.27. The Morgan fingerprint density at radius 2 is 1.07 bits per heavy atom. The predicted molar refractivity (Wildman–Crippen MR) is 116 cm³/mol. The van der Waals surface area contributed by atoms with E-state index in [2.05, 4.69) is 24.3 Å². The van der Waals surface area contributed by atoms with E-state index in [1.54, 1.807) is 23.5 Å². The average molecular weight is 413 g/mol. The Hall–Kier alpha value is -1.92. The largest absolute Gasteiger partial charge is 0.326 e. The first-order chi connectivity index (χ1) is 13.7. The summed E-state index contributed by atoms with van der Waals surface area (Å²) in [6, 6.07) is 20.5. The lowest BCUT2D eigenvalue weighted by atomic mass is 10.2. The molecule has 28 heavy (non-hydrogen) atoms. The number of hydrogen-bond acceptors (Lipinski definition) is 4. The summed E-state index contributed by atoms with van der Waals surface area (Å²) in [7, 11) is 0. The second-order valence-corrected chi connectivity index (χ2v) is 9.17. The molecule has 2 fully saturated rings. The van der Waals surface area contributed by atoms with E-state index < -0.39 is 0 Å². The number of thioether (sulfide) groups is 2. The van der Waals surface area contributed by atoms with Gasteiger partial charge in [-0.3, -0.25) is 9.59 Å². The fraction of sp³-hybridized carbons (Fsp3) is 0.364. The standard InChI is InChI=1S/C22H24N2O2S2/c25-19-15-27-21(17-9-3-1-4-10-17)23(19)13-7-8-14-24-20(26)16-28-22(24)18-11-5-2-6-12-18/h1-6,9-12,21-22H,7-8,13-16H2. The van der Waals surface area contributed by atoms with E-state index in [0.717, 1.165) is 25.9 Å². The third-order valence-electron chi connectivity index (χ3n) is 5.15. The lowest BCUT2D eigenvalue weighted by molar-refractivity contribution is -0.129.